The quantitative estimate of drug-likeness (QED) is 0.790. The molecule has 5 nitrogen and oxygen atoms in total. The molecule has 0 aromatic rings. The Bertz CT molecular complexity index is 260. The van der Waals surface area contributed by atoms with Gasteiger partial charge in [-0.25, -0.2) is 0 Å². The molecule has 1 N–H and O–H groups in total. The van der Waals surface area contributed by atoms with Crippen molar-refractivity contribution in [3.8, 4) is 0 Å². The molecule has 1 unspecified atom stereocenters. The Hall–Kier alpha value is -0.650. The van der Waals surface area contributed by atoms with Gasteiger partial charge < -0.3 is 14.6 Å². The van der Waals surface area contributed by atoms with Gasteiger partial charge in [-0.15, -0.1) is 0 Å². The number of ether oxygens (including phenoxy) is 2. The van der Waals surface area contributed by atoms with E-state index in [9.17, 15) is 9.90 Å². The number of morpholine rings is 1. The molecule has 0 aromatic carbocycles. The summed E-state index contributed by atoms with van der Waals surface area (Å²) in [6, 6.07) is 0. The maximum Gasteiger partial charge on any atom is 0.306 e. The number of hydrogen-bond acceptors (Lipinski definition) is 4. The SMILES string of the molecule is O=C(O)C(CCN1CCOCC1)C1CCOCC1. The first-order valence-electron chi connectivity index (χ1n) is 6.88. The van der Waals surface area contributed by atoms with Crippen LogP contribution in [0.5, 0.6) is 0 Å². The molecule has 0 bridgehead atoms. The van der Waals surface area contributed by atoms with Crippen LogP contribution >= 0.6 is 0 Å². The molecule has 5 heteroatoms. The molecule has 0 aromatic heterocycles. The van der Waals surface area contributed by atoms with Crippen molar-refractivity contribution < 1.29 is 19.4 Å². The fourth-order valence-electron chi connectivity index (χ4n) is 2.83. The summed E-state index contributed by atoms with van der Waals surface area (Å²) in [7, 11) is 0. The molecule has 104 valence electrons. The Morgan fingerprint density at radius 1 is 1.17 bits per heavy atom. The van der Waals surface area contributed by atoms with E-state index in [0.29, 0.717) is 13.2 Å². The Labute approximate surface area is 108 Å². The standard InChI is InChI=1S/C13H23NO4/c15-13(16)12(11-2-7-17-8-3-11)1-4-14-5-9-18-10-6-14/h11-12H,1-10H2,(H,15,16). The van der Waals surface area contributed by atoms with Gasteiger partial charge in [0.2, 0.25) is 0 Å². The second-order valence-corrected chi connectivity index (χ2v) is 5.14. The van der Waals surface area contributed by atoms with Crippen molar-refractivity contribution in [1.82, 2.24) is 4.90 Å². The van der Waals surface area contributed by atoms with Crippen LogP contribution in [-0.4, -0.2) is 62.0 Å². The minimum absolute atomic E-state index is 0.211. The Morgan fingerprint density at radius 3 is 2.39 bits per heavy atom. The molecule has 2 fully saturated rings. The third-order valence-electron chi connectivity index (χ3n) is 4.01. The van der Waals surface area contributed by atoms with Crippen molar-refractivity contribution in [2.24, 2.45) is 11.8 Å². The van der Waals surface area contributed by atoms with Crippen LogP contribution in [0, 0.1) is 11.8 Å². The van der Waals surface area contributed by atoms with Crippen LogP contribution in [0.4, 0.5) is 0 Å². The zero-order valence-corrected chi connectivity index (χ0v) is 10.8. The highest BCUT2D eigenvalue weighted by Crippen LogP contribution is 2.27. The van der Waals surface area contributed by atoms with Crippen molar-refractivity contribution in [2.75, 3.05) is 46.1 Å². The molecule has 0 amide bonds. The predicted octanol–water partition coefficient (Wildman–Crippen LogP) is 0.836. The molecule has 1 atom stereocenters. The van der Waals surface area contributed by atoms with Crippen molar-refractivity contribution in [2.45, 2.75) is 19.3 Å². The minimum Gasteiger partial charge on any atom is -0.481 e. The molecule has 0 spiro atoms. The molecule has 2 aliphatic heterocycles. The molecular weight excluding hydrogens is 234 g/mol. The number of carboxylic acid groups (broad SMARTS) is 1. The van der Waals surface area contributed by atoms with Crippen LogP contribution in [0.3, 0.4) is 0 Å². The first-order valence-corrected chi connectivity index (χ1v) is 6.88. The summed E-state index contributed by atoms with van der Waals surface area (Å²) in [5.74, 6) is -0.566. The van der Waals surface area contributed by atoms with Crippen molar-refractivity contribution in [3.63, 3.8) is 0 Å². The summed E-state index contributed by atoms with van der Waals surface area (Å²) in [5.41, 5.74) is 0. The fraction of sp³-hybridized carbons (Fsp3) is 0.923. The maximum atomic E-state index is 11.4. The van der Waals surface area contributed by atoms with E-state index in [-0.39, 0.29) is 11.8 Å². The topological polar surface area (TPSA) is 59.0 Å². The van der Waals surface area contributed by atoms with Crippen molar-refractivity contribution in [3.05, 3.63) is 0 Å². The lowest BCUT2D eigenvalue weighted by Gasteiger charge is -2.31. The van der Waals surface area contributed by atoms with Crippen molar-refractivity contribution in [1.29, 1.82) is 0 Å². The van der Waals surface area contributed by atoms with E-state index in [2.05, 4.69) is 4.90 Å². The number of rotatable bonds is 5. The van der Waals surface area contributed by atoms with E-state index in [1.807, 2.05) is 0 Å². The van der Waals surface area contributed by atoms with Gasteiger partial charge in [0.1, 0.15) is 0 Å². The average molecular weight is 257 g/mol. The molecule has 2 saturated heterocycles. The molecular formula is C13H23NO4. The highest BCUT2D eigenvalue weighted by atomic mass is 16.5. The van der Waals surface area contributed by atoms with Crippen LogP contribution in [0.2, 0.25) is 0 Å². The summed E-state index contributed by atoms with van der Waals surface area (Å²) in [5, 5.41) is 9.37. The molecule has 2 heterocycles. The largest absolute Gasteiger partial charge is 0.481 e. The molecule has 2 rings (SSSR count). The van der Waals surface area contributed by atoms with E-state index in [1.165, 1.54) is 0 Å². The van der Waals surface area contributed by atoms with Gasteiger partial charge in [-0.1, -0.05) is 0 Å². The van der Waals surface area contributed by atoms with Crippen LogP contribution in [0.25, 0.3) is 0 Å². The lowest BCUT2D eigenvalue weighted by atomic mass is 9.84. The van der Waals surface area contributed by atoms with E-state index in [1.54, 1.807) is 0 Å². The summed E-state index contributed by atoms with van der Waals surface area (Å²) >= 11 is 0. The second-order valence-electron chi connectivity index (χ2n) is 5.14. The summed E-state index contributed by atoms with van der Waals surface area (Å²) in [6.07, 6.45) is 2.53. The number of carbonyl (C=O) groups is 1. The number of hydrogen-bond donors (Lipinski definition) is 1. The molecule has 2 aliphatic rings. The van der Waals surface area contributed by atoms with Gasteiger partial charge in [-0.05, 0) is 31.7 Å². The minimum atomic E-state index is -0.643. The smallest absolute Gasteiger partial charge is 0.306 e. The van der Waals surface area contributed by atoms with E-state index < -0.39 is 5.97 Å². The number of nitrogens with zero attached hydrogens (tertiary/aromatic N) is 1. The van der Waals surface area contributed by atoms with Crippen LogP contribution in [0.15, 0.2) is 0 Å². The number of aliphatic carboxylic acids is 1. The zero-order valence-electron chi connectivity index (χ0n) is 10.8. The van der Waals surface area contributed by atoms with E-state index in [4.69, 9.17) is 9.47 Å². The van der Waals surface area contributed by atoms with Gasteiger partial charge in [0.15, 0.2) is 0 Å². The average Bonchev–Trinajstić information content (AvgIpc) is 2.41. The summed E-state index contributed by atoms with van der Waals surface area (Å²) in [6.45, 7) is 5.71. The first kappa shape index (κ1) is 13.8. The Morgan fingerprint density at radius 2 is 1.78 bits per heavy atom. The summed E-state index contributed by atoms with van der Waals surface area (Å²) in [4.78, 5) is 13.7. The van der Waals surface area contributed by atoms with Crippen molar-refractivity contribution >= 4 is 5.97 Å². The normalized spacial score (nSPS) is 24.9. The van der Waals surface area contributed by atoms with Gasteiger partial charge >= 0.3 is 5.97 Å². The third-order valence-corrected chi connectivity index (χ3v) is 4.01. The summed E-state index contributed by atoms with van der Waals surface area (Å²) < 4.78 is 10.6. The van der Waals surface area contributed by atoms with E-state index in [0.717, 1.165) is 52.1 Å². The van der Waals surface area contributed by atoms with Crippen LogP contribution < -0.4 is 0 Å². The predicted molar refractivity (Wildman–Crippen MR) is 66.5 cm³/mol. The molecule has 0 aliphatic carbocycles. The van der Waals surface area contributed by atoms with Gasteiger partial charge in [-0.2, -0.15) is 0 Å². The first-order chi connectivity index (χ1) is 8.77. The molecule has 0 saturated carbocycles. The van der Waals surface area contributed by atoms with Gasteiger partial charge in [0, 0.05) is 26.3 Å². The van der Waals surface area contributed by atoms with Gasteiger partial charge in [-0.3, -0.25) is 9.69 Å². The van der Waals surface area contributed by atoms with E-state index >= 15 is 0 Å². The van der Waals surface area contributed by atoms with Crippen LogP contribution in [-0.2, 0) is 14.3 Å². The molecule has 18 heavy (non-hydrogen) atoms. The zero-order chi connectivity index (χ0) is 12.8. The van der Waals surface area contributed by atoms with Crippen LogP contribution in [0.1, 0.15) is 19.3 Å². The van der Waals surface area contributed by atoms with Gasteiger partial charge in [0.25, 0.3) is 0 Å². The maximum absolute atomic E-state index is 11.4. The highest BCUT2D eigenvalue weighted by molar-refractivity contribution is 5.70. The Balaban J connectivity index is 1.79. The number of carboxylic acids is 1. The lowest BCUT2D eigenvalue weighted by molar-refractivity contribution is -0.145. The lowest BCUT2D eigenvalue weighted by Crippen LogP contribution is -2.39. The monoisotopic (exact) mass is 257 g/mol. The highest BCUT2D eigenvalue weighted by Gasteiger charge is 2.30. The fourth-order valence-corrected chi connectivity index (χ4v) is 2.83. The Kier molecular flexibility index (Phi) is 5.41. The second kappa shape index (κ2) is 7.07. The third kappa shape index (κ3) is 3.93. The van der Waals surface area contributed by atoms with Gasteiger partial charge in [0.05, 0.1) is 19.1 Å². The molecule has 0 radical (unpaired) electrons.